The molecule has 1 amide bonds. The summed E-state index contributed by atoms with van der Waals surface area (Å²) in [6.07, 6.45) is 6.58. The number of nitrogens with zero attached hydrogens (tertiary/aromatic N) is 3. The van der Waals surface area contributed by atoms with Gasteiger partial charge in [0.05, 0.1) is 12.8 Å². The Bertz CT molecular complexity index is 1080. The Balaban J connectivity index is 1.54. The topological polar surface area (TPSA) is 69.0 Å². The molecule has 158 valence electrons. The number of aromatic nitrogens is 3. The molecule has 6 nitrogen and oxygen atoms in total. The SMILES string of the molecule is CC[C@H]1C(c2cnn(C)c2)[C@H]1C(=O)Nc1cc2cc([C@@H](C)COC)c(Cl)cc2cn1. The summed E-state index contributed by atoms with van der Waals surface area (Å²) in [5.74, 6) is 1.28. The summed E-state index contributed by atoms with van der Waals surface area (Å²) in [7, 11) is 3.58. The summed E-state index contributed by atoms with van der Waals surface area (Å²) in [6.45, 7) is 4.80. The van der Waals surface area contributed by atoms with Crippen molar-refractivity contribution in [1.29, 1.82) is 0 Å². The molecule has 1 aliphatic rings. The number of ether oxygens (including phenoxy) is 1. The average molecular weight is 427 g/mol. The van der Waals surface area contributed by atoms with E-state index in [2.05, 4.69) is 35.3 Å². The molecule has 1 aliphatic carbocycles. The van der Waals surface area contributed by atoms with Crippen molar-refractivity contribution >= 4 is 34.1 Å². The van der Waals surface area contributed by atoms with Crippen LogP contribution in [0.25, 0.3) is 10.8 Å². The standard InChI is InChI=1S/C23H27ClN4O2/c1-5-17-21(16-10-26-28(3)11-16)22(17)23(29)27-20-8-14-6-18(13(2)12-30-4)19(24)7-15(14)9-25-20/h6-11,13,17,21-22H,5,12H2,1-4H3,(H,25,27,29)/t13-,17-,21?,22-/m0/s1. The zero-order valence-electron chi connectivity index (χ0n) is 17.7. The van der Waals surface area contributed by atoms with Crippen LogP contribution in [-0.4, -0.2) is 34.4 Å². The number of carbonyl (C=O) groups excluding carboxylic acids is 1. The predicted octanol–water partition coefficient (Wildman–Crippen LogP) is 4.75. The lowest BCUT2D eigenvalue weighted by molar-refractivity contribution is -0.117. The Hall–Kier alpha value is -2.44. The molecular weight excluding hydrogens is 400 g/mol. The first kappa shape index (κ1) is 20.8. The van der Waals surface area contributed by atoms with Gasteiger partial charge < -0.3 is 10.1 Å². The molecule has 1 aromatic carbocycles. The quantitative estimate of drug-likeness (QED) is 0.591. The minimum absolute atomic E-state index is 0.0180. The number of halogens is 1. The number of carbonyl (C=O) groups is 1. The second-order valence-corrected chi connectivity index (χ2v) is 8.61. The highest BCUT2D eigenvalue weighted by atomic mass is 35.5. The molecule has 1 saturated carbocycles. The minimum atomic E-state index is -0.0424. The highest BCUT2D eigenvalue weighted by Crippen LogP contribution is 2.56. The van der Waals surface area contributed by atoms with E-state index in [0.717, 1.165) is 28.3 Å². The fraction of sp³-hybridized carbons (Fsp3) is 0.435. The summed E-state index contributed by atoms with van der Waals surface area (Å²) < 4.78 is 7.05. The Kier molecular flexibility index (Phi) is 5.80. The van der Waals surface area contributed by atoms with E-state index < -0.39 is 0 Å². The van der Waals surface area contributed by atoms with E-state index in [4.69, 9.17) is 16.3 Å². The second-order valence-electron chi connectivity index (χ2n) is 8.21. The van der Waals surface area contributed by atoms with E-state index >= 15 is 0 Å². The molecule has 7 heteroatoms. The molecule has 30 heavy (non-hydrogen) atoms. The summed E-state index contributed by atoms with van der Waals surface area (Å²) in [5.41, 5.74) is 2.15. The van der Waals surface area contributed by atoms with Crippen molar-refractivity contribution in [3.05, 3.63) is 52.9 Å². The van der Waals surface area contributed by atoms with Crippen molar-refractivity contribution < 1.29 is 9.53 Å². The molecule has 0 spiro atoms. The smallest absolute Gasteiger partial charge is 0.229 e. The second kappa shape index (κ2) is 8.36. The van der Waals surface area contributed by atoms with Crippen molar-refractivity contribution in [3.63, 3.8) is 0 Å². The number of hydrogen-bond donors (Lipinski definition) is 1. The van der Waals surface area contributed by atoms with Crippen LogP contribution in [0.3, 0.4) is 0 Å². The van der Waals surface area contributed by atoms with Gasteiger partial charge in [-0.25, -0.2) is 4.98 Å². The van der Waals surface area contributed by atoms with E-state index in [1.54, 1.807) is 18.0 Å². The van der Waals surface area contributed by atoms with Crippen molar-refractivity contribution in [2.45, 2.75) is 32.1 Å². The largest absolute Gasteiger partial charge is 0.384 e. The fourth-order valence-electron chi connectivity index (χ4n) is 4.48. The lowest BCUT2D eigenvalue weighted by Crippen LogP contribution is -2.16. The van der Waals surface area contributed by atoms with Crippen LogP contribution < -0.4 is 5.32 Å². The summed E-state index contributed by atoms with van der Waals surface area (Å²) in [6, 6.07) is 5.89. The maximum atomic E-state index is 13.0. The summed E-state index contributed by atoms with van der Waals surface area (Å²) in [5, 5.41) is 9.91. The van der Waals surface area contributed by atoms with Crippen LogP contribution in [-0.2, 0) is 16.6 Å². The number of benzene rings is 1. The Morgan fingerprint density at radius 1 is 1.30 bits per heavy atom. The van der Waals surface area contributed by atoms with Crippen LogP contribution in [0.5, 0.6) is 0 Å². The van der Waals surface area contributed by atoms with E-state index in [1.165, 1.54) is 0 Å². The maximum absolute atomic E-state index is 13.0. The number of rotatable bonds is 7. The van der Waals surface area contributed by atoms with Gasteiger partial charge >= 0.3 is 0 Å². The number of hydrogen-bond acceptors (Lipinski definition) is 4. The van der Waals surface area contributed by atoms with E-state index in [9.17, 15) is 4.79 Å². The molecule has 4 atom stereocenters. The number of pyridine rings is 1. The maximum Gasteiger partial charge on any atom is 0.229 e. The minimum Gasteiger partial charge on any atom is -0.384 e. The Labute approximate surface area is 181 Å². The molecule has 3 aromatic rings. The number of amides is 1. The zero-order valence-corrected chi connectivity index (χ0v) is 18.5. The lowest BCUT2D eigenvalue weighted by atomic mass is 9.99. The molecule has 0 bridgehead atoms. The molecule has 2 aromatic heterocycles. The van der Waals surface area contributed by atoms with Gasteiger partial charge in [-0.05, 0) is 40.6 Å². The predicted molar refractivity (Wildman–Crippen MR) is 119 cm³/mol. The van der Waals surface area contributed by atoms with Gasteiger partial charge in [-0.2, -0.15) is 5.10 Å². The molecule has 4 rings (SSSR count). The van der Waals surface area contributed by atoms with Gasteiger partial charge in [0.2, 0.25) is 5.91 Å². The van der Waals surface area contributed by atoms with Crippen LogP contribution in [0.15, 0.2) is 36.8 Å². The van der Waals surface area contributed by atoms with Crippen molar-refractivity contribution in [2.75, 3.05) is 19.0 Å². The lowest BCUT2D eigenvalue weighted by Gasteiger charge is -2.14. The van der Waals surface area contributed by atoms with Gasteiger partial charge in [0.25, 0.3) is 0 Å². The van der Waals surface area contributed by atoms with Gasteiger partial charge in [0.1, 0.15) is 5.82 Å². The highest BCUT2D eigenvalue weighted by Gasteiger charge is 2.54. The third-order valence-corrected chi connectivity index (χ3v) is 6.42. The molecule has 1 N–H and O–H groups in total. The fourth-order valence-corrected chi connectivity index (χ4v) is 4.84. The van der Waals surface area contributed by atoms with Crippen molar-refractivity contribution in [3.8, 4) is 0 Å². The Morgan fingerprint density at radius 3 is 2.77 bits per heavy atom. The van der Waals surface area contributed by atoms with Crippen molar-refractivity contribution in [2.24, 2.45) is 18.9 Å². The van der Waals surface area contributed by atoms with Gasteiger partial charge in [0, 0.05) is 54.7 Å². The van der Waals surface area contributed by atoms with Crippen LogP contribution in [0.2, 0.25) is 5.02 Å². The first-order valence-corrected chi connectivity index (χ1v) is 10.7. The summed E-state index contributed by atoms with van der Waals surface area (Å²) >= 11 is 6.46. The van der Waals surface area contributed by atoms with Crippen LogP contribution in [0.1, 0.15) is 43.2 Å². The first-order valence-electron chi connectivity index (χ1n) is 10.3. The Morgan fingerprint density at radius 2 is 2.10 bits per heavy atom. The number of nitrogens with one attached hydrogen (secondary N) is 1. The van der Waals surface area contributed by atoms with Gasteiger partial charge in [-0.15, -0.1) is 0 Å². The van der Waals surface area contributed by atoms with Crippen LogP contribution in [0.4, 0.5) is 5.82 Å². The normalized spacial score (nSPS) is 21.6. The molecular formula is C23H27ClN4O2. The van der Waals surface area contributed by atoms with Gasteiger partial charge in [0.15, 0.2) is 0 Å². The first-order chi connectivity index (χ1) is 14.4. The number of methoxy groups -OCH3 is 1. The molecule has 1 unspecified atom stereocenters. The van der Waals surface area contributed by atoms with Crippen molar-refractivity contribution in [1.82, 2.24) is 14.8 Å². The molecule has 2 heterocycles. The molecule has 0 saturated heterocycles. The molecule has 0 aliphatic heterocycles. The number of fused-ring (bicyclic) bond motifs is 1. The van der Waals surface area contributed by atoms with Crippen LogP contribution >= 0.6 is 11.6 Å². The van der Waals surface area contributed by atoms with Gasteiger partial charge in [-0.3, -0.25) is 9.48 Å². The molecule has 1 fully saturated rings. The van der Waals surface area contributed by atoms with Crippen LogP contribution in [0, 0.1) is 11.8 Å². The van der Waals surface area contributed by atoms with E-state index in [1.807, 2.05) is 31.6 Å². The van der Waals surface area contributed by atoms with E-state index in [-0.39, 0.29) is 23.7 Å². The zero-order chi connectivity index (χ0) is 21.4. The average Bonchev–Trinajstić information content (AvgIpc) is 3.31. The third kappa shape index (κ3) is 3.94. The molecule has 0 radical (unpaired) electrons. The van der Waals surface area contributed by atoms with Gasteiger partial charge in [-0.1, -0.05) is 31.9 Å². The number of aryl methyl sites for hydroxylation is 1. The van der Waals surface area contributed by atoms with E-state index in [0.29, 0.717) is 23.4 Å². The summed E-state index contributed by atoms with van der Waals surface area (Å²) in [4.78, 5) is 17.4. The monoisotopic (exact) mass is 426 g/mol. The number of anilines is 1. The third-order valence-electron chi connectivity index (χ3n) is 6.09. The highest BCUT2D eigenvalue weighted by molar-refractivity contribution is 6.32.